The zero-order chi connectivity index (χ0) is 17.7. The van der Waals surface area contributed by atoms with Crippen LogP contribution < -0.4 is 16.0 Å². The van der Waals surface area contributed by atoms with Gasteiger partial charge in [0.25, 0.3) is 5.56 Å². The molecule has 2 aromatic rings. The molecule has 0 amide bonds. The van der Waals surface area contributed by atoms with Crippen molar-refractivity contribution < 1.29 is 9.84 Å². The lowest BCUT2D eigenvalue weighted by Gasteiger charge is -2.09. The highest BCUT2D eigenvalue weighted by Gasteiger charge is 2.12. The molecule has 0 saturated heterocycles. The molecular weight excluding hydrogens is 304 g/mol. The van der Waals surface area contributed by atoms with Gasteiger partial charge >= 0.3 is 0 Å². The van der Waals surface area contributed by atoms with E-state index in [0.29, 0.717) is 16.6 Å². The Kier molecular flexibility index (Phi) is 5.68. The third-order valence-electron chi connectivity index (χ3n) is 3.72. The monoisotopic (exact) mass is 328 g/mol. The number of nitrogens with one attached hydrogen (secondary N) is 1. The smallest absolute Gasteiger partial charge is 0.294 e. The molecule has 0 aliphatic carbocycles. The van der Waals surface area contributed by atoms with Gasteiger partial charge in [0.1, 0.15) is 6.61 Å². The molecule has 5 heteroatoms. The number of rotatable bonds is 6. The highest BCUT2D eigenvalue weighted by atomic mass is 16.5. The maximum absolute atomic E-state index is 12.1. The Morgan fingerprint density at radius 2 is 2.04 bits per heavy atom. The SMILES string of the molecule is CC(C)=CCC/C(C)=C/COc1c(O)c2ccc(N)cc2[nH]c1=O. The number of ether oxygens (including phenoxy) is 1. The van der Waals surface area contributed by atoms with Crippen LogP contribution in [0, 0.1) is 0 Å². The van der Waals surface area contributed by atoms with Crippen molar-refractivity contribution in [3.05, 3.63) is 51.9 Å². The van der Waals surface area contributed by atoms with Crippen LogP contribution in [0.2, 0.25) is 0 Å². The van der Waals surface area contributed by atoms with Gasteiger partial charge < -0.3 is 20.6 Å². The minimum atomic E-state index is -0.471. The number of fused-ring (bicyclic) bond motifs is 1. The standard InChI is InChI=1S/C19H24N2O3/c1-12(2)5-4-6-13(3)9-10-24-18-17(22)15-8-7-14(20)11-16(15)21-19(18)23/h5,7-9,11H,4,6,10,20H2,1-3H3,(H2,21,22,23)/b13-9+. The van der Waals surface area contributed by atoms with Gasteiger partial charge in [0.15, 0.2) is 5.75 Å². The summed E-state index contributed by atoms with van der Waals surface area (Å²) in [4.78, 5) is 14.8. The quantitative estimate of drug-likeness (QED) is 0.554. The Morgan fingerprint density at radius 3 is 2.75 bits per heavy atom. The maximum atomic E-state index is 12.1. The third kappa shape index (κ3) is 4.41. The lowest BCUT2D eigenvalue weighted by Crippen LogP contribution is -2.12. The first kappa shape index (κ1) is 17.7. The van der Waals surface area contributed by atoms with Gasteiger partial charge in [0.05, 0.1) is 5.52 Å². The average molecular weight is 328 g/mol. The summed E-state index contributed by atoms with van der Waals surface area (Å²) in [6.07, 6.45) is 6.02. The summed E-state index contributed by atoms with van der Waals surface area (Å²) in [6.45, 7) is 6.41. The number of allylic oxidation sites excluding steroid dienone is 3. The minimum absolute atomic E-state index is 0.0689. The molecule has 24 heavy (non-hydrogen) atoms. The molecule has 0 saturated carbocycles. The number of aromatic amines is 1. The van der Waals surface area contributed by atoms with Crippen LogP contribution in [0.4, 0.5) is 5.69 Å². The molecule has 1 heterocycles. The topological polar surface area (TPSA) is 88.3 Å². The van der Waals surface area contributed by atoms with Gasteiger partial charge in [-0.25, -0.2) is 0 Å². The third-order valence-corrected chi connectivity index (χ3v) is 3.72. The van der Waals surface area contributed by atoms with Crippen LogP contribution in [0.15, 0.2) is 46.3 Å². The van der Waals surface area contributed by atoms with E-state index in [9.17, 15) is 9.90 Å². The Bertz CT molecular complexity index is 844. The largest absolute Gasteiger partial charge is 0.504 e. The van der Waals surface area contributed by atoms with Crippen molar-refractivity contribution in [1.29, 1.82) is 0 Å². The second-order valence-corrected chi connectivity index (χ2v) is 6.12. The van der Waals surface area contributed by atoms with Crippen molar-refractivity contribution >= 4 is 16.6 Å². The molecule has 0 atom stereocenters. The molecule has 128 valence electrons. The lowest BCUT2D eigenvalue weighted by atomic mass is 10.1. The zero-order valence-electron chi connectivity index (χ0n) is 14.3. The van der Waals surface area contributed by atoms with Gasteiger partial charge in [-0.15, -0.1) is 0 Å². The first-order valence-corrected chi connectivity index (χ1v) is 7.94. The Morgan fingerprint density at radius 1 is 1.29 bits per heavy atom. The fourth-order valence-corrected chi connectivity index (χ4v) is 2.37. The molecule has 0 aliphatic heterocycles. The van der Waals surface area contributed by atoms with Crippen molar-refractivity contribution in [2.24, 2.45) is 0 Å². The Balaban J connectivity index is 2.11. The van der Waals surface area contributed by atoms with Crippen LogP contribution in [0.25, 0.3) is 10.9 Å². The number of hydrogen-bond donors (Lipinski definition) is 3. The zero-order valence-corrected chi connectivity index (χ0v) is 14.3. The van der Waals surface area contributed by atoms with Gasteiger partial charge in [-0.1, -0.05) is 17.2 Å². The fraction of sp³-hybridized carbons (Fsp3) is 0.316. The number of benzene rings is 1. The van der Waals surface area contributed by atoms with E-state index in [1.165, 1.54) is 11.1 Å². The van der Waals surface area contributed by atoms with E-state index in [2.05, 4.69) is 24.9 Å². The second-order valence-electron chi connectivity index (χ2n) is 6.12. The van der Waals surface area contributed by atoms with Crippen molar-refractivity contribution in [2.75, 3.05) is 12.3 Å². The number of hydrogen-bond acceptors (Lipinski definition) is 4. The molecule has 5 nitrogen and oxygen atoms in total. The maximum Gasteiger partial charge on any atom is 0.294 e. The summed E-state index contributed by atoms with van der Waals surface area (Å²) in [5.41, 5.74) is 8.69. The van der Waals surface area contributed by atoms with Crippen molar-refractivity contribution in [3.63, 3.8) is 0 Å². The Hall–Kier alpha value is -2.69. The molecular formula is C19H24N2O3. The summed E-state index contributed by atoms with van der Waals surface area (Å²) < 4.78 is 5.49. The van der Waals surface area contributed by atoms with Gasteiger partial charge in [0.2, 0.25) is 5.75 Å². The van der Waals surface area contributed by atoms with Crippen molar-refractivity contribution in [2.45, 2.75) is 33.6 Å². The number of aromatic hydroxyl groups is 1. The fourth-order valence-electron chi connectivity index (χ4n) is 2.37. The highest BCUT2D eigenvalue weighted by Crippen LogP contribution is 2.30. The number of H-pyrrole nitrogens is 1. The number of anilines is 1. The molecule has 0 unspecified atom stereocenters. The van der Waals surface area contributed by atoms with E-state index in [0.717, 1.165) is 12.8 Å². The number of nitrogens with two attached hydrogens (primary N) is 1. The van der Waals surface area contributed by atoms with Crippen LogP contribution in [-0.4, -0.2) is 16.7 Å². The van der Waals surface area contributed by atoms with Crippen LogP contribution >= 0.6 is 0 Å². The van der Waals surface area contributed by atoms with E-state index in [1.807, 2.05) is 13.0 Å². The summed E-state index contributed by atoms with van der Waals surface area (Å²) in [5, 5.41) is 10.8. The van der Waals surface area contributed by atoms with Crippen LogP contribution in [-0.2, 0) is 0 Å². The van der Waals surface area contributed by atoms with Crippen LogP contribution in [0.1, 0.15) is 33.6 Å². The Labute approximate surface area is 141 Å². The van der Waals surface area contributed by atoms with E-state index in [-0.39, 0.29) is 18.1 Å². The van der Waals surface area contributed by atoms with E-state index < -0.39 is 5.56 Å². The molecule has 0 spiro atoms. The molecule has 0 aliphatic rings. The molecule has 1 aromatic heterocycles. The van der Waals surface area contributed by atoms with Crippen LogP contribution in [0.3, 0.4) is 0 Å². The van der Waals surface area contributed by atoms with Gasteiger partial charge in [-0.2, -0.15) is 0 Å². The number of nitrogen functional groups attached to an aromatic ring is 1. The lowest BCUT2D eigenvalue weighted by molar-refractivity contribution is 0.332. The average Bonchev–Trinajstić information content (AvgIpc) is 2.49. The predicted octanol–water partition coefficient (Wildman–Crippen LogP) is 3.89. The van der Waals surface area contributed by atoms with E-state index in [4.69, 9.17) is 10.5 Å². The molecule has 2 rings (SSSR count). The highest BCUT2D eigenvalue weighted by molar-refractivity contribution is 5.88. The van der Waals surface area contributed by atoms with E-state index >= 15 is 0 Å². The molecule has 0 fully saturated rings. The molecule has 1 aromatic carbocycles. The predicted molar refractivity (Wildman–Crippen MR) is 98.6 cm³/mol. The van der Waals surface area contributed by atoms with E-state index in [1.54, 1.807) is 18.2 Å². The first-order valence-electron chi connectivity index (χ1n) is 7.94. The number of aromatic nitrogens is 1. The normalized spacial score (nSPS) is 11.5. The molecule has 4 N–H and O–H groups in total. The van der Waals surface area contributed by atoms with Gasteiger partial charge in [-0.3, -0.25) is 4.79 Å². The second kappa shape index (κ2) is 7.73. The minimum Gasteiger partial charge on any atom is -0.504 e. The van der Waals surface area contributed by atoms with Gasteiger partial charge in [0, 0.05) is 11.1 Å². The molecule has 0 radical (unpaired) electrons. The first-order chi connectivity index (χ1) is 11.4. The summed E-state index contributed by atoms with van der Waals surface area (Å²) in [6, 6.07) is 4.92. The van der Waals surface area contributed by atoms with Gasteiger partial charge in [-0.05, 0) is 57.9 Å². The number of pyridine rings is 1. The summed E-state index contributed by atoms with van der Waals surface area (Å²) >= 11 is 0. The summed E-state index contributed by atoms with van der Waals surface area (Å²) in [5.74, 6) is -0.232. The molecule has 0 bridgehead atoms. The van der Waals surface area contributed by atoms with Crippen molar-refractivity contribution in [1.82, 2.24) is 4.98 Å². The van der Waals surface area contributed by atoms with Crippen molar-refractivity contribution in [3.8, 4) is 11.5 Å². The van der Waals surface area contributed by atoms with Crippen LogP contribution in [0.5, 0.6) is 11.5 Å². The summed E-state index contributed by atoms with van der Waals surface area (Å²) in [7, 11) is 0.